The average Bonchev–Trinajstić information content (AvgIpc) is 3.06. The van der Waals surface area contributed by atoms with Gasteiger partial charge in [0.25, 0.3) is 0 Å². The summed E-state index contributed by atoms with van der Waals surface area (Å²) in [5.74, 6) is 0. The number of likely N-dealkylation sites (N-methyl/N-ethyl adjacent to an activating group) is 1. The lowest BCUT2D eigenvalue weighted by molar-refractivity contribution is 0.630. The van der Waals surface area contributed by atoms with Gasteiger partial charge in [-0.1, -0.05) is 28.1 Å². The van der Waals surface area contributed by atoms with Gasteiger partial charge in [-0.15, -0.1) is 11.3 Å². The summed E-state index contributed by atoms with van der Waals surface area (Å²) in [5, 5.41) is 4.47. The van der Waals surface area contributed by atoms with Gasteiger partial charge in [0.05, 0.1) is 5.69 Å². The predicted octanol–water partition coefficient (Wildman–Crippen LogP) is 4.13. The van der Waals surface area contributed by atoms with Crippen LogP contribution in [-0.4, -0.2) is 18.6 Å². The Morgan fingerprint density at radius 3 is 2.58 bits per heavy atom. The molecular formula is C15H17BrN2S. The highest BCUT2D eigenvalue weighted by molar-refractivity contribution is 9.10. The third-order valence-electron chi connectivity index (χ3n) is 3.74. The molecule has 100 valence electrons. The number of thiazole rings is 1. The second-order valence-corrected chi connectivity index (χ2v) is 7.17. The van der Waals surface area contributed by atoms with E-state index in [0.29, 0.717) is 5.41 Å². The first-order chi connectivity index (χ1) is 9.14. The monoisotopic (exact) mass is 336 g/mol. The Hall–Kier alpha value is -0.710. The van der Waals surface area contributed by atoms with Crippen LogP contribution >= 0.6 is 27.3 Å². The van der Waals surface area contributed by atoms with E-state index in [4.69, 9.17) is 4.98 Å². The Labute approximate surface area is 126 Å². The molecule has 0 aliphatic heterocycles. The average molecular weight is 337 g/mol. The smallest absolute Gasteiger partial charge is 0.123 e. The molecule has 19 heavy (non-hydrogen) atoms. The van der Waals surface area contributed by atoms with Gasteiger partial charge in [-0.2, -0.15) is 0 Å². The van der Waals surface area contributed by atoms with Crippen molar-refractivity contribution in [3.8, 4) is 10.6 Å². The summed E-state index contributed by atoms with van der Waals surface area (Å²) in [6, 6.07) is 8.41. The summed E-state index contributed by atoms with van der Waals surface area (Å²) in [6.45, 7) is 3.21. The molecule has 0 amide bonds. The van der Waals surface area contributed by atoms with Crippen molar-refractivity contribution in [2.24, 2.45) is 0 Å². The Balaban J connectivity index is 1.95. The van der Waals surface area contributed by atoms with E-state index in [9.17, 15) is 0 Å². The predicted molar refractivity (Wildman–Crippen MR) is 84.8 cm³/mol. The zero-order valence-electron chi connectivity index (χ0n) is 11.2. The van der Waals surface area contributed by atoms with Crippen LogP contribution in [-0.2, 0) is 5.41 Å². The molecule has 1 fully saturated rings. The van der Waals surface area contributed by atoms with Gasteiger partial charge in [0.15, 0.2) is 0 Å². The van der Waals surface area contributed by atoms with Gasteiger partial charge in [-0.25, -0.2) is 4.98 Å². The minimum Gasteiger partial charge on any atom is -0.319 e. The van der Waals surface area contributed by atoms with E-state index >= 15 is 0 Å². The van der Waals surface area contributed by atoms with Crippen molar-refractivity contribution in [1.82, 2.24) is 10.3 Å². The summed E-state index contributed by atoms with van der Waals surface area (Å²) in [6.07, 6.45) is 2.58. The molecule has 0 saturated heterocycles. The van der Waals surface area contributed by atoms with Crippen molar-refractivity contribution in [2.45, 2.75) is 25.2 Å². The van der Waals surface area contributed by atoms with Gasteiger partial charge in [0.2, 0.25) is 0 Å². The number of benzene rings is 1. The molecule has 0 atom stereocenters. The van der Waals surface area contributed by atoms with Crippen LogP contribution in [0.4, 0.5) is 0 Å². The van der Waals surface area contributed by atoms with E-state index in [1.807, 2.05) is 18.4 Å². The molecule has 4 heteroatoms. The molecule has 1 saturated carbocycles. The van der Waals surface area contributed by atoms with Crippen LogP contribution in [0.25, 0.3) is 10.6 Å². The summed E-state index contributed by atoms with van der Waals surface area (Å²) in [4.78, 5) is 6.25. The van der Waals surface area contributed by atoms with Crippen molar-refractivity contribution in [3.05, 3.63) is 39.3 Å². The largest absolute Gasteiger partial charge is 0.319 e. The number of halogens is 1. The van der Waals surface area contributed by atoms with Crippen LogP contribution in [0.15, 0.2) is 28.7 Å². The van der Waals surface area contributed by atoms with Crippen molar-refractivity contribution < 1.29 is 0 Å². The maximum absolute atomic E-state index is 4.77. The maximum atomic E-state index is 4.77. The highest BCUT2D eigenvalue weighted by Gasteiger charge is 2.46. The van der Waals surface area contributed by atoms with Crippen molar-refractivity contribution >= 4 is 27.3 Å². The standard InChI is InChI=1S/C15H17BrN2S/c1-10-13(15(7-8-15)9-17-2)19-14(18-10)11-3-5-12(16)6-4-11/h3-6,17H,7-9H2,1-2H3. The number of hydrogen-bond donors (Lipinski definition) is 1. The summed E-state index contributed by atoms with van der Waals surface area (Å²) >= 11 is 5.34. The lowest BCUT2D eigenvalue weighted by atomic mass is 10.0. The molecule has 2 nitrogen and oxygen atoms in total. The van der Waals surface area contributed by atoms with E-state index in [0.717, 1.165) is 16.0 Å². The number of hydrogen-bond acceptors (Lipinski definition) is 3. The van der Waals surface area contributed by atoms with Crippen molar-refractivity contribution in [1.29, 1.82) is 0 Å². The number of nitrogens with zero attached hydrogens (tertiary/aromatic N) is 1. The molecule has 0 unspecified atom stereocenters. The second kappa shape index (κ2) is 5.00. The molecule has 1 aromatic carbocycles. The molecule has 3 rings (SSSR count). The Morgan fingerprint density at radius 2 is 2.00 bits per heavy atom. The normalized spacial score (nSPS) is 16.6. The van der Waals surface area contributed by atoms with E-state index < -0.39 is 0 Å². The van der Waals surface area contributed by atoms with Crippen molar-refractivity contribution in [3.63, 3.8) is 0 Å². The third-order valence-corrected chi connectivity index (χ3v) is 5.72. The molecule has 1 aromatic heterocycles. The summed E-state index contributed by atoms with van der Waals surface area (Å²) < 4.78 is 1.11. The zero-order valence-corrected chi connectivity index (χ0v) is 13.6. The first-order valence-electron chi connectivity index (χ1n) is 6.53. The SMILES string of the molecule is CNCC1(c2sc(-c3ccc(Br)cc3)nc2C)CC1. The quantitative estimate of drug-likeness (QED) is 0.907. The zero-order chi connectivity index (χ0) is 13.5. The second-order valence-electron chi connectivity index (χ2n) is 5.25. The van der Waals surface area contributed by atoms with E-state index in [-0.39, 0.29) is 0 Å². The fraction of sp³-hybridized carbons (Fsp3) is 0.400. The fourth-order valence-corrected chi connectivity index (χ4v) is 4.16. The topological polar surface area (TPSA) is 24.9 Å². The number of nitrogens with one attached hydrogen (secondary N) is 1. The molecular weight excluding hydrogens is 320 g/mol. The molecule has 1 aliphatic carbocycles. The van der Waals surface area contributed by atoms with Crippen LogP contribution in [0.2, 0.25) is 0 Å². The first kappa shape index (κ1) is 13.3. The Morgan fingerprint density at radius 1 is 1.32 bits per heavy atom. The fourth-order valence-electron chi connectivity index (χ4n) is 2.58. The van der Waals surface area contributed by atoms with Gasteiger partial charge in [-0.05, 0) is 38.9 Å². The van der Waals surface area contributed by atoms with Gasteiger partial charge < -0.3 is 5.32 Å². The van der Waals surface area contributed by atoms with Crippen LogP contribution in [0.5, 0.6) is 0 Å². The summed E-state index contributed by atoms with van der Waals surface area (Å²) in [5.41, 5.74) is 2.78. The Bertz CT molecular complexity index is 585. The molecule has 1 aliphatic rings. The molecule has 0 radical (unpaired) electrons. The number of aryl methyl sites for hydroxylation is 1. The minimum absolute atomic E-state index is 0.365. The Kier molecular flexibility index (Phi) is 3.50. The minimum atomic E-state index is 0.365. The highest BCUT2D eigenvalue weighted by Crippen LogP contribution is 2.51. The van der Waals surface area contributed by atoms with Crippen LogP contribution < -0.4 is 5.32 Å². The van der Waals surface area contributed by atoms with E-state index in [1.54, 1.807) is 0 Å². The summed E-state index contributed by atoms with van der Waals surface area (Å²) in [7, 11) is 2.03. The lowest BCUT2D eigenvalue weighted by Crippen LogP contribution is -2.23. The van der Waals surface area contributed by atoms with E-state index in [1.165, 1.54) is 29.0 Å². The molecule has 0 bridgehead atoms. The first-order valence-corrected chi connectivity index (χ1v) is 8.14. The van der Waals surface area contributed by atoms with Gasteiger partial charge >= 0.3 is 0 Å². The third kappa shape index (κ3) is 2.49. The van der Waals surface area contributed by atoms with Gasteiger partial charge in [0.1, 0.15) is 5.01 Å². The highest BCUT2D eigenvalue weighted by atomic mass is 79.9. The van der Waals surface area contributed by atoms with Crippen LogP contribution in [0.1, 0.15) is 23.4 Å². The molecule has 0 spiro atoms. The van der Waals surface area contributed by atoms with Crippen LogP contribution in [0.3, 0.4) is 0 Å². The van der Waals surface area contributed by atoms with E-state index in [2.05, 4.69) is 52.4 Å². The maximum Gasteiger partial charge on any atom is 0.123 e. The molecule has 1 N–H and O–H groups in total. The van der Waals surface area contributed by atoms with Gasteiger partial charge in [-0.3, -0.25) is 0 Å². The molecule has 2 aromatic rings. The lowest BCUT2D eigenvalue weighted by Gasteiger charge is -2.12. The van der Waals surface area contributed by atoms with Gasteiger partial charge in [0, 0.05) is 26.9 Å². The van der Waals surface area contributed by atoms with Crippen molar-refractivity contribution in [2.75, 3.05) is 13.6 Å². The van der Waals surface area contributed by atoms with Crippen LogP contribution in [0, 0.1) is 6.92 Å². The molecule has 1 heterocycles. The number of aromatic nitrogens is 1. The number of rotatable bonds is 4.